The van der Waals surface area contributed by atoms with Gasteiger partial charge in [0.1, 0.15) is 0 Å². The summed E-state index contributed by atoms with van der Waals surface area (Å²) >= 11 is 0. The molecule has 0 aromatic rings. The summed E-state index contributed by atoms with van der Waals surface area (Å²) in [6.45, 7) is 1.88. The Kier molecular flexibility index (Phi) is 2.10. The summed E-state index contributed by atoms with van der Waals surface area (Å²) in [5.74, 6) is 0. The molecular weight excluding hydrogens is 154 g/mol. The van der Waals surface area contributed by atoms with E-state index in [1.165, 1.54) is 0 Å². The van der Waals surface area contributed by atoms with Gasteiger partial charge in [0.2, 0.25) is 0 Å². The van der Waals surface area contributed by atoms with Gasteiger partial charge in [-0.1, -0.05) is 0 Å². The number of aliphatic hydroxyl groups excluding tert-OH is 2. The minimum Gasteiger partial charge on any atom is -0.392 e. The average Bonchev–Trinajstić information content (AvgIpc) is 2.36. The van der Waals surface area contributed by atoms with Crippen LogP contribution in [0.2, 0.25) is 0 Å². The van der Waals surface area contributed by atoms with E-state index in [9.17, 15) is 10.2 Å². The third-order valence-electron chi connectivity index (χ3n) is 3.58. The van der Waals surface area contributed by atoms with E-state index in [2.05, 4.69) is 5.32 Å². The highest BCUT2D eigenvalue weighted by molar-refractivity contribution is 5.00. The van der Waals surface area contributed by atoms with Crippen molar-refractivity contribution in [3.8, 4) is 0 Å². The number of nitrogens with one attached hydrogen (secondary N) is 1. The molecule has 3 N–H and O–H groups in total. The Morgan fingerprint density at radius 3 is 2.00 bits per heavy atom. The average molecular weight is 171 g/mol. The van der Waals surface area contributed by atoms with Crippen LogP contribution in [0, 0.1) is 5.41 Å². The van der Waals surface area contributed by atoms with E-state index in [1.807, 2.05) is 0 Å². The van der Waals surface area contributed by atoms with Crippen LogP contribution in [0.1, 0.15) is 25.7 Å². The Morgan fingerprint density at radius 1 is 1.00 bits per heavy atom. The fourth-order valence-electron chi connectivity index (χ4n) is 2.67. The maximum atomic E-state index is 9.79. The van der Waals surface area contributed by atoms with E-state index in [0.717, 1.165) is 38.8 Å². The number of hydrogen-bond donors (Lipinski definition) is 3. The molecule has 1 saturated carbocycles. The lowest BCUT2D eigenvalue weighted by Gasteiger charge is -2.39. The molecule has 0 bridgehead atoms. The van der Waals surface area contributed by atoms with Gasteiger partial charge in [-0.2, -0.15) is 0 Å². The molecule has 0 aromatic carbocycles. The van der Waals surface area contributed by atoms with Crippen molar-refractivity contribution in [2.75, 3.05) is 13.1 Å². The molecule has 2 fully saturated rings. The predicted octanol–water partition coefficient (Wildman–Crippen LogP) is -0.128. The Morgan fingerprint density at radius 2 is 1.50 bits per heavy atom. The van der Waals surface area contributed by atoms with Gasteiger partial charge < -0.3 is 15.5 Å². The van der Waals surface area contributed by atoms with Gasteiger partial charge in [-0.3, -0.25) is 0 Å². The van der Waals surface area contributed by atoms with Crippen LogP contribution < -0.4 is 5.32 Å². The van der Waals surface area contributed by atoms with E-state index in [1.54, 1.807) is 0 Å². The predicted molar refractivity (Wildman–Crippen MR) is 45.8 cm³/mol. The van der Waals surface area contributed by atoms with Crippen molar-refractivity contribution in [3.63, 3.8) is 0 Å². The van der Waals surface area contributed by atoms with E-state index in [0.29, 0.717) is 0 Å². The Balaban J connectivity index is 2.14. The summed E-state index contributed by atoms with van der Waals surface area (Å²) < 4.78 is 0. The molecule has 1 aliphatic heterocycles. The van der Waals surface area contributed by atoms with Crippen molar-refractivity contribution in [2.45, 2.75) is 37.9 Å². The molecule has 12 heavy (non-hydrogen) atoms. The summed E-state index contributed by atoms with van der Waals surface area (Å²) in [7, 11) is 0. The first kappa shape index (κ1) is 8.48. The minimum absolute atomic E-state index is 0.161. The monoisotopic (exact) mass is 171 g/mol. The molecule has 0 radical (unpaired) electrons. The zero-order chi connectivity index (χ0) is 8.60. The quantitative estimate of drug-likeness (QED) is 0.476. The zero-order valence-corrected chi connectivity index (χ0v) is 7.29. The highest BCUT2D eigenvalue weighted by Crippen LogP contribution is 2.45. The van der Waals surface area contributed by atoms with E-state index in [4.69, 9.17) is 0 Å². The molecule has 2 aliphatic rings. The molecule has 2 unspecified atom stereocenters. The Hall–Kier alpha value is -0.120. The number of rotatable bonds is 0. The van der Waals surface area contributed by atoms with E-state index in [-0.39, 0.29) is 17.6 Å². The molecule has 0 aromatic heterocycles. The Labute approximate surface area is 72.8 Å². The molecule has 1 spiro atoms. The van der Waals surface area contributed by atoms with Crippen LogP contribution >= 0.6 is 0 Å². The van der Waals surface area contributed by atoms with Gasteiger partial charge in [0.15, 0.2) is 0 Å². The molecule has 2 rings (SSSR count). The summed E-state index contributed by atoms with van der Waals surface area (Å²) in [5.41, 5.74) is -0.161. The van der Waals surface area contributed by atoms with Crippen molar-refractivity contribution in [1.82, 2.24) is 5.32 Å². The maximum Gasteiger partial charge on any atom is 0.0623 e. The summed E-state index contributed by atoms with van der Waals surface area (Å²) in [5, 5.41) is 22.8. The molecule has 1 heterocycles. The van der Waals surface area contributed by atoms with Crippen molar-refractivity contribution in [2.24, 2.45) is 5.41 Å². The van der Waals surface area contributed by atoms with Crippen LogP contribution in [-0.2, 0) is 0 Å². The van der Waals surface area contributed by atoms with Gasteiger partial charge in [0.05, 0.1) is 12.2 Å². The zero-order valence-electron chi connectivity index (χ0n) is 7.29. The van der Waals surface area contributed by atoms with Crippen molar-refractivity contribution < 1.29 is 10.2 Å². The molecule has 2 atom stereocenters. The largest absolute Gasteiger partial charge is 0.392 e. The molecule has 1 aliphatic carbocycles. The van der Waals surface area contributed by atoms with Gasteiger partial charge in [-0.15, -0.1) is 0 Å². The lowest BCUT2D eigenvalue weighted by molar-refractivity contribution is -0.0440. The first-order valence-electron chi connectivity index (χ1n) is 4.82. The molecular formula is C9H17NO2. The van der Waals surface area contributed by atoms with E-state index < -0.39 is 0 Å². The lowest BCUT2D eigenvalue weighted by Crippen LogP contribution is -2.47. The third-order valence-corrected chi connectivity index (χ3v) is 3.58. The number of hydrogen-bond acceptors (Lipinski definition) is 3. The first-order valence-corrected chi connectivity index (χ1v) is 4.82. The topological polar surface area (TPSA) is 52.5 Å². The van der Waals surface area contributed by atoms with Crippen molar-refractivity contribution in [3.05, 3.63) is 0 Å². The summed E-state index contributed by atoms with van der Waals surface area (Å²) in [6.07, 6.45) is 2.87. The fraction of sp³-hybridized carbons (Fsp3) is 1.00. The van der Waals surface area contributed by atoms with Gasteiger partial charge in [-0.05, 0) is 38.8 Å². The van der Waals surface area contributed by atoms with Crippen LogP contribution in [0.15, 0.2) is 0 Å². The van der Waals surface area contributed by atoms with Crippen molar-refractivity contribution in [1.29, 1.82) is 0 Å². The van der Waals surface area contributed by atoms with Gasteiger partial charge in [0, 0.05) is 5.41 Å². The van der Waals surface area contributed by atoms with E-state index >= 15 is 0 Å². The highest BCUT2D eigenvalue weighted by atomic mass is 16.3. The second kappa shape index (κ2) is 2.98. The molecule has 1 saturated heterocycles. The number of piperidine rings is 1. The standard InChI is InChI=1S/C9H17NO2/c11-7-1-2-8(12)9(7)3-5-10-6-4-9/h7-8,10-12H,1-6H2. The maximum absolute atomic E-state index is 9.79. The van der Waals surface area contributed by atoms with Gasteiger partial charge in [0.25, 0.3) is 0 Å². The molecule has 3 heteroatoms. The van der Waals surface area contributed by atoms with Crippen LogP contribution in [0.25, 0.3) is 0 Å². The van der Waals surface area contributed by atoms with Gasteiger partial charge >= 0.3 is 0 Å². The smallest absolute Gasteiger partial charge is 0.0623 e. The molecule has 3 nitrogen and oxygen atoms in total. The molecule has 70 valence electrons. The normalized spacial score (nSPS) is 40.5. The second-order valence-corrected chi connectivity index (χ2v) is 4.09. The minimum atomic E-state index is -0.269. The summed E-state index contributed by atoms with van der Waals surface area (Å²) in [6, 6.07) is 0. The van der Waals surface area contributed by atoms with Crippen LogP contribution in [-0.4, -0.2) is 35.5 Å². The highest BCUT2D eigenvalue weighted by Gasteiger charge is 2.49. The second-order valence-electron chi connectivity index (χ2n) is 4.09. The molecule has 0 amide bonds. The number of aliphatic hydroxyl groups is 2. The SMILES string of the molecule is OC1CCC(O)C12CCNCC2. The third kappa shape index (κ3) is 1.08. The summed E-state index contributed by atoms with van der Waals surface area (Å²) in [4.78, 5) is 0. The van der Waals surface area contributed by atoms with Gasteiger partial charge in [-0.25, -0.2) is 0 Å². The van der Waals surface area contributed by atoms with Crippen LogP contribution in [0.5, 0.6) is 0 Å². The van der Waals surface area contributed by atoms with Crippen LogP contribution in [0.4, 0.5) is 0 Å². The fourth-order valence-corrected chi connectivity index (χ4v) is 2.67. The first-order chi connectivity index (χ1) is 5.76. The van der Waals surface area contributed by atoms with Crippen LogP contribution in [0.3, 0.4) is 0 Å². The Bertz CT molecular complexity index is 154. The lowest BCUT2D eigenvalue weighted by atomic mass is 9.74. The van der Waals surface area contributed by atoms with Crippen molar-refractivity contribution >= 4 is 0 Å².